The summed E-state index contributed by atoms with van der Waals surface area (Å²) in [7, 11) is 0. The van der Waals surface area contributed by atoms with Gasteiger partial charge in [0.05, 0.1) is 0 Å². The maximum atomic E-state index is 12.5. The molecule has 27 heavy (non-hydrogen) atoms. The summed E-state index contributed by atoms with van der Waals surface area (Å²) in [6, 6.07) is 15.7. The molecule has 0 saturated heterocycles. The average molecular weight is 386 g/mol. The number of nitrogens with one attached hydrogen (secondary N) is 3. The van der Waals surface area contributed by atoms with Crippen molar-refractivity contribution in [1.29, 1.82) is 0 Å². The van der Waals surface area contributed by atoms with E-state index in [2.05, 4.69) is 15.6 Å². The fourth-order valence-corrected chi connectivity index (χ4v) is 2.89. The number of alkyl halides is 1. The minimum Gasteiger partial charge on any atom is -0.410 e. The zero-order valence-electron chi connectivity index (χ0n) is 14.6. The fraction of sp³-hybridized carbons (Fsp3) is 0.200. The van der Waals surface area contributed by atoms with Crippen LogP contribution in [-0.4, -0.2) is 35.5 Å². The van der Waals surface area contributed by atoms with Crippen LogP contribution in [-0.2, 0) is 11.2 Å². The molecule has 0 fully saturated rings. The van der Waals surface area contributed by atoms with E-state index in [-0.39, 0.29) is 5.91 Å². The topological polar surface area (TPSA) is 83.2 Å². The van der Waals surface area contributed by atoms with Crippen LogP contribution in [0.25, 0.3) is 10.9 Å². The van der Waals surface area contributed by atoms with Crippen molar-refractivity contribution in [2.75, 3.05) is 12.4 Å². The number of aromatic nitrogens is 1. The van der Waals surface area contributed by atoms with Crippen molar-refractivity contribution in [3.05, 3.63) is 66.4 Å². The smallest absolute Gasteiger partial charge is 0.410 e. The summed E-state index contributed by atoms with van der Waals surface area (Å²) in [5, 5.41) is 6.36. The first-order valence-electron chi connectivity index (χ1n) is 8.59. The van der Waals surface area contributed by atoms with Gasteiger partial charge in [0.1, 0.15) is 11.8 Å². The molecule has 7 heteroatoms. The number of hydrogen-bond donors (Lipinski definition) is 3. The standard InChI is InChI=1S/C20H20ClN3O3/c21-10-11-22-19(25)18(24-20(26)27-15-6-2-1-3-7-15)12-14-13-23-17-9-5-4-8-16(14)17/h1-9,13,18,23H,10-12H2,(H,22,25)(H,24,26). The molecule has 0 saturated carbocycles. The Labute approximate surface area is 161 Å². The number of hydrogen-bond acceptors (Lipinski definition) is 3. The average Bonchev–Trinajstić information content (AvgIpc) is 3.09. The van der Waals surface area contributed by atoms with Crippen LogP contribution in [0.2, 0.25) is 0 Å². The van der Waals surface area contributed by atoms with E-state index in [4.69, 9.17) is 16.3 Å². The number of amides is 2. The van der Waals surface area contributed by atoms with Crippen LogP contribution in [0.1, 0.15) is 5.56 Å². The molecular formula is C20H20ClN3O3. The summed E-state index contributed by atoms with van der Waals surface area (Å²) in [4.78, 5) is 27.9. The van der Waals surface area contributed by atoms with E-state index < -0.39 is 12.1 Å². The monoisotopic (exact) mass is 385 g/mol. The summed E-state index contributed by atoms with van der Waals surface area (Å²) < 4.78 is 5.24. The van der Waals surface area contributed by atoms with Gasteiger partial charge in [-0.3, -0.25) is 4.79 Å². The molecule has 1 unspecified atom stereocenters. The van der Waals surface area contributed by atoms with Gasteiger partial charge in [-0.15, -0.1) is 11.6 Å². The minimum atomic E-state index is -0.788. The van der Waals surface area contributed by atoms with Gasteiger partial charge in [-0.05, 0) is 23.8 Å². The van der Waals surface area contributed by atoms with Gasteiger partial charge in [0.15, 0.2) is 0 Å². The lowest BCUT2D eigenvalue weighted by atomic mass is 10.0. The molecule has 0 spiro atoms. The maximum Gasteiger partial charge on any atom is 0.413 e. The van der Waals surface area contributed by atoms with E-state index in [9.17, 15) is 9.59 Å². The van der Waals surface area contributed by atoms with Gasteiger partial charge in [-0.1, -0.05) is 36.4 Å². The number of para-hydroxylation sites is 2. The van der Waals surface area contributed by atoms with E-state index in [1.807, 2.05) is 36.5 Å². The van der Waals surface area contributed by atoms with Gasteiger partial charge in [-0.2, -0.15) is 0 Å². The highest BCUT2D eigenvalue weighted by molar-refractivity contribution is 6.18. The molecule has 6 nitrogen and oxygen atoms in total. The molecule has 140 valence electrons. The van der Waals surface area contributed by atoms with E-state index >= 15 is 0 Å². The number of fused-ring (bicyclic) bond motifs is 1. The Balaban J connectivity index is 1.74. The molecule has 0 radical (unpaired) electrons. The van der Waals surface area contributed by atoms with Gasteiger partial charge >= 0.3 is 6.09 Å². The number of H-pyrrole nitrogens is 1. The minimum absolute atomic E-state index is 0.292. The van der Waals surface area contributed by atoms with Gasteiger partial charge in [0, 0.05) is 35.9 Å². The molecule has 0 aliphatic carbocycles. The van der Waals surface area contributed by atoms with Crippen LogP contribution >= 0.6 is 11.6 Å². The molecule has 2 amide bonds. The number of rotatable bonds is 7. The SMILES string of the molecule is O=C(NC(Cc1c[nH]c2ccccc12)C(=O)NCCCl)Oc1ccccc1. The normalized spacial score (nSPS) is 11.7. The molecule has 3 N–H and O–H groups in total. The van der Waals surface area contributed by atoms with Crippen molar-refractivity contribution in [1.82, 2.24) is 15.6 Å². The zero-order valence-corrected chi connectivity index (χ0v) is 15.3. The lowest BCUT2D eigenvalue weighted by Gasteiger charge is -2.18. The third kappa shape index (κ3) is 5.01. The predicted molar refractivity (Wildman–Crippen MR) is 105 cm³/mol. The van der Waals surface area contributed by atoms with Crippen LogP contribution in [0.4, 0.5) is 4.79 Å². The number of carbonyl (C=O) groups excluding carboxylic acids is 2. The number of carbonyl (C=O) groups is 2. The maximum absolute atomic E-state index is 12.5. The van der Waals surface area contributed by atoms with Crippen LogP contribution in [0, 0.1) is 0 Å². The van der Waals surface area contributed by atoms with Crippen molar-refractivity contribution in [2.45, 2.75) is 12.5 Å². The molecule has 3 rings (SSSR count). The molecular weight excluding hydrogens is 366 g/mol. The van der Waals surface area contributed by atoms with Crippen molar-refractivity contribution >= 4 is 34.5 Å². The highest BCUT2D eigenvalue weighted by Crippen LogP contribution is 2.19. The number of benzene rings is 2. The molecule has 2 aromatic carbocycles. The van der Waals surface area contributed by atoms with Crippen LogP contribution in [0.3, 0.4) is 0 Å². The fourth-order valence-electron chi connectivity index (χ4n) is 2.79. The second-order valence-corrected chi connectivity index (χ2v) is 6.32. The van der Waals surface area contributed by atoms with Crippen molar-refractivity contribution in [3.63, 3.8) is 0 Å². The van der Waals surface area contributed by atoms with E-state index in [1.54, 1.807) is 24.3 Å². The quantitative estimate of drug-likeness (QED) is 0.546. The lowest BCUT2D eigenvalue weighted by Crippen LogP contribution is -2.49. The molecule has 3 aromatic rings. The van der Waals surface area contributed by atoms with Gasteiger partial charge in [-0.25, -0.2) is 4.79 Å². The number of aromatic amines is 1. The van der Waals surface area contributed by atoms with Crippen LogP contribution in [0.5, 0.6) is 5.75 Å². The predicted octanol–water partition coefficient (Wildman–Crippen LogP) is 3.22. The Bertz CT molecular complexity index is 911. The van der Waals surface area contributed by atoms with Crippen molar-refractivity contribution in [2.24, 2.45) is 0 Å². The second kappa shape index (κ2) is 9.09. The largest absolute Gasteiger partial charge is 0.413 e. The highest BCUT2D eigenvalue weighted by Gasteiger charge is 2.23. The van der Waals surface area contributed by atoms with Gasteiger partial charge in [0.25, 0.3) is 0 Å². The Morgan fingerprint density at radius 3 is 2.59 bits per heavy atom. The van der Waals surface area contributed by atoms with Crippen molar-refractivity contribution < 1.29 is 14.3 Å². The molecule has 1 heterocycles. The first-order valence-corrected chi connectivity index (χ1v) is 9.13. The summed E-state index contributed by atoms with van der Waals surface area (Å²) in [5.41, 5.74) is 1.90. The van der Waals surface area contributed by atoms with Crippen LogP contribution in [0.15, 0.2) is 60.8 Å². The second-order valence-electron chi connectivity index (χ2n) is 5.94. The summed E-state index contributed by atoms with van der Waals surface area (Å²) in [6.07, 6.45) is 1.48. The van der Waals surface area contributed by atoms with E-state index in [1.165, 1.54) is 0 Å². The molecule has 1 aromatic heterocycles. The molecule has 1 atom stereocenters. The van der Waals surface area contributed by atoms with E-state index in [0.29, 0.717) is 24.6 Å². The zero-order chi connectivity index (χ0) is 19.1. The van der Waals surface area contributed by atoms with Crippen LogP contribution < -0.4 is 15.4 Å². The third-order valence-electron chi connectivity index (χ3n) is 4.06. The molecule has 0 aliphatic heterocycles. The first kappa shape index (κ1) is 18.8. The summed E-state index contributed by atoms with van der Waals surface area (Å²) in [5.74, 6) is 0.382. The Hall–Kier alpha value is -2.99. The molecule has 0 bridgehead atoms. The lowest BCUT2D eigenvalue weighted by molar-refractivity contribution is -0.122. The first-order chi connectivity index (χ1) is 13.2. The highest BCUT2D eigenvalue weighted by atomic mass is 35.5. The number of halogens is 1. The Morgan fingerprint density at radius 1 is 1.07 bits per heavy atom. The molecule has 0 aliphatic rings. The van der Waals surface area contributed by atoms with Gasteiger partial charge < -0.3 is 20.4 Å². The summed E-state index contributed by atoms with van der Waals surface area (Å²) in [6.45, 7) is 0.320. The van der Waals surface area contributed by atoms with E-state index in [0.717, 1.165) is 16.5 Å². The Kier molecular flexibility index (Phi) is 6.33. The van der Waals surface area contributed by atoms with Crippen molar-refractivity contribution in [3.8, 4) is 5.75 Å². The van der Waals surface area contributed by atoms with Gasteiger partial charge in [0.2, 0.25) is 5.91 Å². The number of ether oxygens (including phenoxy) is 1. The Morgan fingerprint density at radius 2 is 1.81 bits per heavy atom. The third-order valence-corrected chi connectivity index (χ3v) is 4.24. The summed E-state index contributed by atoms with van der Waals surface area (Å²) >= 11 is 5.65.